The minimum Gasteiger partial charge on any atom is -0.207 e. The molecule has 0 bridgehead atoms. The molecule has 76 valence electrons. The molecule has 0 saturated heterocycles. The van der Waals surface area contributed by atoms with Crippen LogP contribution in [0.1, 0.15) is 0 Å². The van der Waals surface area contributed by atoms with Crippen molar-refractivity contribution in [2.45, 2.75) is 0 Å². The van der Waals surface area contributed by atoms with E-state index in [1.165, 1.54) is 18.2 Å². The van der Waals surface area contributed by atoms with E-state index < -0.39 is 0 Å². The summed E-state index contributed by atoms with van der Waals surface area (Å²) >= 11 is 2.00. The first-order valence-electron chi connectivity index (χ1n) is 4.38. The van der Waals surface area contributed by atoms with Crippen molar-refractivity contribution >= 4 is 22.6 Å². The van der Waals surface area contributed by atoms with E-state index in [1.54, 1.807) is 24.3 Å². The fourth-order valence-electron chi connectivity index (χ4n) is 1.39. The lowest BCUT2D eigenvalue weighted by Gasteiger charge is -2.05. The van der Waals surface area contributed by atoms with Crippen LogP contribution in [-0.2, 0) is 0 Å². The second kappa shape index (κ2) is 4.26. The summed E-state index contributed by atoms with van der Waals surface area (Å²) < 4.78 is 27.0. The highest BCUT2D eigenvalue weighted by Gasteiger charge is 2.07. The molecule has 2 rings (SSSR count). The van der Waals surface area contributed by atoms with E-state index in [-0.39, 0.29) is 11.6 Å². The molecule has 0 radical (unpaired) electrons. The standard InChI is InChI=1S/C12H7F2I/c13-8-5-6-10(12(15)7-8)9-3-1-2-4-11(9)14/h1-7H. The zero-order chi connectivity index (χ0) is 10.8. The molecule has 15 heavy (non-hydrogen) atoms. The van der Waals surface area contributed by atoms with Crippen LogP contribution in [0.4, 0.5) is 8.78 Å². The number of rotatable bonds is 1. The molecule has 0 aliphatic rings. The minimum atomic E-state index is -0.306. The maximum atomic E-state index is 13.5. The number of halogens is 3. The molecular weight excluding hydrogens is 309 g/mol. The third-order valence-corrected chi connectivity index (χ3v) is 2.99. The zero-order valence-electron chi connectivity index (χ0n) is 7.68. The Hall–Kier alpha value is -0.970. The lowest BCUT2D eigenvalue weighted by molar-refractivity contribution is 0.624. The van der Waals surface area contributed by atoms with E-state index >= 15 is 0 Å². The van der Waals surface area contributed by atoms with Gasteiger partial charge in [-0.1, -0.05) is 24.3 Å². The fraction of sp³-hybridized carbons (Fsp3) is 0. The van der Waals surface area contributed by atoms with Crippen LogP contribution in [-0.4, -0.2) is 0 Å². The van der Waals surface area contributed by atoms with Gasteiger partial charge in [0, 0.05) is 9.13 Å². The molecule has 0 unspecified atom stereocenters. The van der Waals surface area contributed by atoms with E-state index in [0.717, 1.165) is 5.56 Å². The van der Waals surface area contributed by atoms with Crippen LogP contribution in [0.15, 0.2) is 42.5 Å². The SMILES string of the molecule is Fc1ccc(-c2ccccc2F)c(I)c1. The average Bonchev–Trinajstić information content (AvgIpc) is 2.20. The van der Waals surface area contributed by atoms with Crippen molar-refractivity contribution in [3.8, 4) is 11.1 Å². The van der Waals surface area contributed by atoms with Gasteiger partial charge in [-0.2, -0.15) is 0 Å². The van der Waals surface area contributed by atoms with Crippen LogP contribution in [0.5, 0.6) is 0 Å². The molecule has 0 amide bonds. The Labute approximate surface area is 100 Å². The Morgan fingerprint density at radius 3 is 2.27 bits per heavy atom. The first-order valence-corrected chi connectivity index (χ1v) is 5.46. The predicted molar refractivity (Wildman–Crippen MR) is 64.5 cm³/mol. The van der Waals surface area contributed by atoms with Crippen LogP contribution in [0.3, 0.4) is 0 Å². The van der Waals surface area contributed by atoms with Gasteiger partial charge >= 0.3 is 0 Å². The molecular formula is C12H7F2I. The third-order valence-electron chi connectivity index (χ3n) is 2.10. The molecule has 0 atom stereocenters. The largest absolute Gasteiger partial charge is 0.207 e. The van der Waals surface area contributed by atoms with Gasteiger partial charge in [0.15, 0.2) is 0 Å². The molecule has 3 heteroatoms. The fourth-order valence-corrected chi connectivity index (χ4v) is 2.16. The highest BCUT2D eigenvalue weighted by atomic mass is 127. The van der Waals surface area contributed by atoms with Crippen LogP contribution < -0.4 is 0 Å². The van der Waals surface area contributed by atoms with E-state index in [2.05, 4.69) is 0 Å². The van der Waals surface area contributed by atoms with Crippen LogP contribution in [0.25, 0.3) is 11.1 Å². The lowest BCUT2D eigenvalue weighted by Crippen LogP contribution is -1.88. The maximum Gasteiger partial charge on any atom is 0.131 e. The van der Waals surface area contributed by atoms with Gasteiger partial charge in [-0.3, -0.25) is 0 Å². The van der Waals surface area contributed by atoms with Crippen molar-refractivity contribution < 1.29 is 8.78 Å². The smallest absolute Gasteiger partial charge is 0.131 e. The molecule has 2 aromatic carbocycles. The first-order chi connectivity index (χ1) is 7.18. The summed E-state index contributed by atoms with van der Waals surface area (Å²) in [6.45, 7) is 0. The molecule has 0 heterocycles. The van der Waals surface area contributed by atoms with Crippen molar-refractivity contribution in [3.63, 3.8) is 0 Å². The Morgan fingerprint density at radius 1 is 0.867 bits per heavy atom. The summed E-state index contributed by atoms with van der Waals surface area (Å²) in [5, 5.41) is 0. The first kappa shape index (κ1) is 10.5. The van der Waals surface area contributed by atoms with Gasteiger partial charge in [-0.05, 0) is 46.4 Å². The quantitative estimate of drug-likeness (QED) is 0.691. The zero-order valence-corrected chi connectivity index (χ0v) is 9.83. The number of hydrogen-bond acceptors (Lipinski definition) is 0. The van der Waals surface area contributed by atoms with Gasteiger partial charge in [0.2, 0.25) is 0 Å². The molecule has 0 saturated carbocycles. The Kier molecular flexibility index (Phi) is 3.00. The molecule has 0 spiro atoms. The molecule has 0 aliphatic heterocycles. The summed E-state index contributed by atoms with van der Waals surface area (Å²) in [6.07, 6.45) is 0. The summed E-state index contributed by atoms with van der Waals surface area (Å²) in [4.78, 5) is 0. The lowest BCUT2D eigenvalue weighted by atomic mass is 10.1. The van der Waals surface area contributed by atoms with Gasteiger partial charge in [0.1, 0.15) is 11.6 Å². The Bertz CT molecular complexity index is 495. The summed E-state index contributed by atoms with van der Waals surface area (Å²) in [7, 11) is 0. The Morgan fingerprint density at radius 2 is 1.60 bits per heavy atom. The molecule has 0 N–H and O–H groups in total. The second-order valence-electron chi connectivity index (χ2n) is 3.10. The van der Waals surface area contributed by atoms with E-state index in [4.69, 9.17) is 0 Å². The topological polar surface area (TPSA) is 0 Å². The van der Waals surface area contributed by atoms with Crippen molar-refractivity contribution in [1.82, 2.24) is 0 Å². The van der Waals surface area contributed by atoms with Crippen LogP contribution >= 0.6 is 22.6 Å². The molecule has 2 aromatic rings. The van der Waals surface area contributed by atoms with E-state index in [9.17, 15) is 8.78 Å². The van der Waals surface area contributed by atoms with E-state index in [0.29, 0.717) is 9.13 Å². The summed E-state index contributed by atoms with van der Waals surface area (Å²) in [5.41, 5.74) is 1.22. The van der Waals surface area contributed by atoms with Crippen molar-refractivity contribution in [2.24, 2.45) is 0 Å². The molecule has 0 aromatic heterocycles. The van der Waals surface area contributed by atoms with Gasteiger partial charge in [0.25, 0.3) is 0 Å². The van der Waals surface area contributed by atoms with Crippen molar-refractivity contribution in [1.29, 1.82) is 0 Å². The predicted octanol–water partition coefficient (Wildman–Crippen LogP) is 4.24. The molecule has 0 nitrogen and oxygen atoms in total. The van der Waals surface area contributed by atoms with Crippen LogP contribution in [0, 0.1) is 15.2 Å². The summed E-state index contributed by atoms with van der Waals surface area (Å²) in [6, 6.07) is 10.8. The average molecular weight is 316 g/mol. The third kappa shape index (κ3) is 2.17. The number of benzene rings is 2. The Balaban J connectivity index is 2.60. The monoisotopic (exact) mass is 316 g/mol. The van der Waals surface area contributed by atoms with Gasteiger partial charge in [-0.15, -0.1) is 0 Å². The normalized spacial score (nSPS) is 10.3. The van der Waals surface area contributed by atoms with E-state index in [1.807, 2.05) is 22.6 Å². The van der Waals surface area contributed by atoms with Gasteiger partial charge in [-0.25, -0.2) is 8.78 Å². The molecule has 0 fully saturated rings. The summed E-state index contributed by atoms with van der Waals surface area (Å²) in [5.74, 6) is -0.596. The highest BCUT2D eigenvalue weighted by molar-refractivity contribution is 14.1. The number of hydrogen-bond donors (Lipinski definition) is 0. The minimum absolute atomic E-state index is 0.290. The maximum absolute atomic E-state index is 13.5. The van der Waals surface area contributed by atoms with Gasteiger partial charge < -0.3 is 0 Å². The van der Waals surface area contributed by atoms with Crippen molar-refractivity contribution in [3.05, 3.63) is 57.7 Å². The van der Waals surface area contributed by atoms with Gasteiger partial charge in [0.05, 0.1) is 0 Å². The van der Waals surface area contributed by atoms with Crippen LogP contribution in [0.2, 0.25) is 0 Å². The highest BCUT2D eigenvalue weighted by Crippen LogP contribution is 2.27. The second-order valence-corrected chi connectivity index (χ2v) is 4.27. The molecule has 0 aliphatic carbocycles. The van der Waals surface area contributed by atoms with Crippen molar-refractivity contribution in [2.75, 3.05) is 0 Å².